The van der Waals surface area contributed by atoms with Gasteiger partial charge in [0.15, 0.2) is 0 Å². The monoisotopic (exact) mass is 320 g/mol. The van der Waals surface area contributed by atoms with E-state index in [9.17, 15) is 4.79 Å². The third-order valence-electron chi connectivity index (χ3n) is 3.93. The predicted octanol–water partition coefficient (Wildman–Crippen LogP) is 4.62. The van der Waals surface area contributed by atoms with Gasteiger partial charge in [0, 0.05) is 11.1 Å². The molecule has 0 atom stereocenters. The van der Waals surface area contributed by atoms with Crippen molar-refractivity contribution in [2.75, 3.05) is 12.4 Å². The molecule has 122 valence electrons. The molecule has 0 aliphatic heterocycles. The molecule has 24 heavy (non-hydrogen) atoms. The molecule has 0 aliphatic rings. The zero-order chi connectivity index (χ0) is 17.1. The fourth-order valence-corrected chi connectivity index (χ4v) is 2.62. The Morgan fingerprint density at radius 1 is 1.08 bits per heavy atom. The van der Waals surface area contributed by atoms with E-state index in [4.69, 9.17) is 4.74 Å². The lowest BCUT2D eigenvalue weighted by atomic mass is 10.0. The lowest BCUT2D eigenvalue weighted by Gasteiger charge is -2.13. The smallest absolute Gasteiger partial charge is 0.256 e. The standard InChI is InChI=1S/C20H20N2O2/c1-13(2)18-12-15(14-8-4-5-9-16(14)21-18)20(23)22-17-10-6-7-11-19(17)24-3/h4-13H,1-3H3,(H,22,23). The van der Waals surface area contributed by atoms with Crippen molar-refractivity contribution in [1.82, 2.24) is 4.98 Å². The van der Waals surface area contributed by atoms with Crippen LogP contribution in [0.25, 0.3) is 10.9 Å². The van der Waals surface area contributed by atoms with Gasteiger partial charge in [0.05, 0.1) is 23.9 Å². The molecule has 3 aromatic rings. The first kappa shape index (κ1) is 16.0. The van der Waals surface area contributed by atoms with Crippen LogP contribution in [0.2, 0.25) is 0 Å². The van der Waals surface area contributed by atoms with Gasteiger partial charge in [-0.05, 0) is 30.2 Å². The number of aromatic nitrogens is 1. The molecule has 1 N–H and O–H groups in total. The van der Waals surface area contributed by atoms with Gasteiger partial charge in [0.2, 0.25) is 0 Å². The van der Waals surface area contributed by atoms with Crippen molar-refractivity contribution in [3.05, 3.63) is 65.9 Å². The largest absolute Gasteiger partial charge is 0.495 e. The number of carbonyl (C=O) groups excluding carboxylic acids is 1. The van der Waals surface area contributed by atoms with Crippen LogP contribution in [0.1, 0.15) is 35.8 Å². The van der Waals surface area contributed by atoms with Crippen molar-refractivity contribution < 1.29 is 9.53 Å². The number of benzene rings is 2. The number of pyridine rings is 1. The van der Waals surface area contributed by atoms with Crippen LogP contribution in [0.4, 0.5) is 5.69 Å². The number of rotatable bonds is 4. The highest BCUT2D eigenvalue weighted by atomic mass is 16.5. The first-order chi connectivity index (χ1) is 11.6. The highest BCUT2D eigenvalue weighted by Gasteiger charge is 2.15. The summed E-state index contributed by atoms with van der Waals surface area (Å²) in [7, 11) is 1.59. The lowest BCUT2D eigenvalue weighted by molar-refractivity contribution is 0.102. The van der Waals surface area contributed by atoms with E-state index in [2.05, 4.69) is 24.1 Å². The summed E-state index contributed by atoms with van der Waals surface area (Å²) in [5.74, 6) is 0.709. The molecule has 1 aromatic heterocycles. The van der Waals surface area contributed by atoms with Crippen LogP contribution in [0.15, 0.2) is 54.6 Å². The summed E-state index contributed by atoms with van der Waals surface area (Å²) in [5, 5.41) is 3.79. The van der Waals surface area contributed by atoms with Crippen LogP contribution in [0, 0.1) is 0 Å². The second kappa shape index (κ2) is 6.71. The summed E-state index contributed by atoms with van der Waals surface area (Å²) in [5.41, 5.74) is 3.00. The fraction of sp³-hybridized carbons (Fsp3) is 0.200. The predicted molar refractivity (Wildman–Crippen MR) is 96.8 cm³/mol. The van der Waals surface area contributed by atoms with Gasteiger partial charge in [0.25, 0.3) is 5.91 Å². The number of fused-ring (bicyclic) bond motifs is 1. The Balaban J connectivity index is 2.06. The number of nitrogens with zero attached hydrogens (tertiary/aromatic N) is 1. The number of ether oxygens (including phenoxy) is 1. The van der Waals surface area contributed by atoms with E-state index >= 15 is 0 Å². The fourth-order valence-electron chi connectivity index (χ4n) is 2.62. The van der Waals surface area contributed by atoms with Crippen molar-refractivity contribution in [1.29, 1.82) is 0 Å². The summed E-state index contributed by atoms with van der Waals surface area (Å²) in [6.07, 6.45) is 0. The average molecular weight is 320 g/mol. The van der Waals surface area contributed by atoms with Gasteiger partial charge in [0.1, 0.15) is 5.75 Å². The molecule has 0 saturated heterocycles. The van der Waals surface area contributed by atoms with Crippen molar-refractivity contribution in [3.63, 3.8) is 0 Å². The van der Waals surface area contributed by atoms with Crippen molar-refractivity contribution >= 4 is 22.5 Å². The minimum Gasteiger partial charge on any atom is -0.495 e. The minimum atomic E-state index is -0.167. The minimum absolute atomic E-state index is 0.167. The highest BCUT2D eigenvalue weighted by Crippen LogP contribution is 2.26. The number of hydrogen-bond acceptors (Lipinski definition) is 3. The van der Waals surface area contributed by atoms with Crippen LogP contribution < -0.4 is 10.1 Å². The molecule has 3 rings (SSSR count). The molecule has 4 heteroatoms. The summed E-state index contributed by atoms with van der Waals surface area (Å²) in [6.45, 7) is 4.14. The Bertz CT molecular complexity index is 888. The zero-order valence-corrected chi connectivity index (χ0v) is 14.0. The molecule has 0 bridgehead atoms. The first-order valence-corrected chi connectivity index (χ1v) is 7.94. The van der Waals surface area contributed by atoms with Crippen molar-refractivity contribution in [3.8, 4) is 5.75 Å². The lowest BCUT2D eigenvalue weighted by Crippen LogP contribution is -2.14. The first-order valence-electron chi connectivity index (χ1n) is 7.94. The number of nitrogens with one attached hydrogen (secondary N) is 1. The van der Waals surface area contributed by atoms with Crippen molar-refractivity contribution in [2.45, 2.75) is 19.8 Å². The molecule has 4 nitrogen and oxygen atoms in total. The number of carbonyl (C=O) groups is 1. The summed E-state index contributed by atoms with van der Waals surface area (Å²) in [4.78, 5) is 17.5. The topological polar surface area (TPSA) is 51.2 Å². The molecule has 0 aliphatic carbocycles. The van der Waals surface area contributed by atoms with E-state index in [0.717, 1.165) is 16.6 Å². The Kier molecular flexibility index (Phi) is 4.47. The molecule has 2 aromatic carbocycles. The number of amides is 1. The number of methoxy groups -OCH3 is 1. The quantitative estimate of drug-likeness (QED) is 0.763. The maximum atomic E-state index is 12.9. The zero-order valence-electron chi connectivity index (χ0n) is 14.0. The van der Waals surface area contributed by atoms with Crippen LogP contribution in [-0.2, 0) is 0 Å². The van der Waals surface area contributed by atoms with Crippen LogP contribution in [0.5, 0.6) is 5.75 Å². The van der Waals surface area contributed by atoms with Gasteiger partial charge in [-0.2, -0.15) is 0 Å². The summed E-state index contributed by atoms with van der Waals surface area (Å²) >= 11 is 0. The molecule has 0 radical (unpaired) electrons. The van der Waals surface area contributed by atoms with E-state index in [1.54, 1.807) is 7.11 Å². The van der Waals surface area contributed by atoms with E-state index in [1.807, 2.05) is 54.6 Å². The van der Waals surface area contributed by atoms with Gasteiger partial charge in [-0.1, -0.05) is 44.2 Å². The Morgan fingerprint density at radius 3 is 2.54 bits per heavy atom. The SMILES string of the molecule is COc1ccccc1NC(=O)c1cc(C(C)C)nc2ccccc12. The third-order valence-corrected chi connectivity index (χ3v) is 3.93. The van der Waals surface area contributed by atoms with E-state index in [1.165, 1.54) is 0 Å². The van der Waals surface area contributed by atoms with Crippen LogP contribution in [-0.4, -0.2) is 18.0 Å². The Labute approximate surface area is 141 Å². The molecule has 1 heterocycles. The van der Waals surface area contributed by atoms with Gasteiger partial charge in [-0.25, -0.2) is 0 Å². The Hall–Kier alpha value is -2.88. The second-order valence-corrected chi connectivity index (χ2v) is 5.92. The maximum Gasteiger partial charge on any atom is 0.256 e. The average Bonchev–Trinajstić information content (AvgIpc) is 2.61. The van der Waals surface area contributed by atoms with E-state index in [0.29, 0.717) is 17.0 Å². The normalized spacial score (nSPS) is 10.8. The van der Waals surface area contributed by atoms with Gasteiger partial charge in [-0.15, -0.1) is 0 Å². The number of anilines is 1. The van der Waals surface area contributed by atoms with E-state index in [-0.39, 0.29) is 11.8 Å². The molecular formula is C20H20N2O2. The second-order valence-electron chi connectivity index (χ2n) is 5.92. The third kappa shape index (κ3) is 3.08. The van der Waals surface area contributed by atoms with Gasteiger partial charge < -0.3 is 10.1 Å². The molecule has 0 saturated carbocycles. The van der Waals surface area contributed by atoms with Gasteiger partial charge in [-0.3, -0.25) is 9.78 Å². The maximum absolute atomic E-state index is 12.9. The van der Waals surface area contributed by atoms with Crippen molar-refractivity contribution in [2.24, 2.45) is 0 Å². The van der Waals surface area contributed by atoms with Crippen LogP contribution in [0.3, 0.4) is 0 Å². The molecule has 1 amide bonds. The molecule has 0 fully saturated rings. The molecule has 0 spiro atoms. The number of para-hydroxylation sites is 3. The van der Waals surface area contributed by atoms with E-state index < -0.39 is 0 Å². The summed E-state index contributed by atoms with van der Waals surface area (Å²) in [6, 6.07) is 16.9. The summed E-state index contributed by atoms with van der Waals surface area (Å²) < 4.78 is 5.30. The van der Waals surface area contributed by atoms with Gasteiger partial charge >= 0.3 is 0 Å². The Morgan fingerprint density at radius 2 is 1.79 bits per heavy atom. The highest BCUT2D eigenvalue weighted by molar-refractivity contribution is 6.12. The van der Waals surface area contributed by atoms with Crippen LogP contribution >= 0.6 is 0 Å². The molecular weight excluding hydrogens is 300 g/mol. The number of hydrogen-bond donors (Lipinski definition) is 1. The molecule has 0 unspecified atom stereocenters.